The quantitative estimate of drug-likeness (QED) is 0.510. The van der Waals surface area contributed by atoms with Crippen molar-refractivity contribution in [3.8, 4) is 22.6 Å². The second-order valence-corrected chi connectivity index (χ2v) is 9.90. The van der Waals surface area contributed by atoms with Gasteiger partial charge in [0.2, 0.25) is 5.91 Å². The van der Waals surface area contributed by atoms with Crippen molar-refractivity contribution in [1.82, 2.24) is 20.2 Å². The number of likely N-dealkylation sites (tertiary alicyclic amines) is 1. The molecule has 0 aliphatic carbocycles. The number of benzene rings is 2. The minimum absolute atomic E-state index is 0.0875. The molecule has 0 radical (unpaired) electrons. The third kappa shape index (κ3) is 4.77. The Balaban J connectivity index is 1.34. The minimum atomic E-state index is -0.0875. The number of carbonyl (C=O) groups excluding carboxylic acids is 1. The summed E-state index contributed by atoms with van der Waals surface area (Å²) >= 11 is 13.2. The Hall–Kier alpha value is -2.61. The number of hydrogen-bond donors (Lipinski definition) is 1. The van der Waals surface area contributed by atoms with E-state index in [4.69, 9.17) is 37.7 Å². The molecule has 7 nitrogen and oxygen atoms in total. The predicted molar refractivity (Wildman–Crippen MR) is 138 cm³/mol. The summed E-state index contributed by atoms with van der Waals surface area (Å²) in [5, 5.41) is 5.12. The second kappa shape index (κ2) is 10.2. The molecule has 0 spiro atoms. The molecule has 35 heavy (non-hydrogen) atoms. The van der Waals surface area contributed by atoms with Crippen molar-refractivity contribution in [2.45, 2.75) is 31.7 Å². The molecule has 0 unspecified atom stereocenters. The van der Waals surface area contributed by atoms with E-state index in [1.54, 1.807) is 20.3 Å². The van der Waals surface area contributed by atoms with Crippen LogP contribution >= 0.6 is 23.2 Å². The van der Waals surface area contributed by atoms with Gasteiger partial charge in [0.15, 0.2) is 0 Å². The standard InChI is InChI=1S/C26H28Cl2N4O3/c1-34-20-12-21(35-2)25(28)23(24(20)27)16-5-6-18-17(11-16)14-30-22(31-18)10-15-9-19(29-13-15)26(33)32-7-3-4-8-32/h5-6,11-12,14-15,19,29H,3-4,7-10,13H2,1-2H3/t15-,19+/m1/s1. The van der Waals surface area contributed by atoms with Gasteiger partial charge in [-0.15, -0.1) is 0 Å². The Morgan fingerprint density at radius 1 is 1.11 bits per heavy atom. The van der Waals surface area contributed by atoms with Crippen molar-refractivity contribution in [2.24, 2.45) is 5.92 Å². The molecule has 5 rings (SSSR count). The number of nitrogens with one attached hydrogen (secondary N) is 1. The van der Waals surface area contributed by atoms with Crippen molar-refractivity contribution in [3.63, 3.8) is 0 Å². The maximum Gasteiger partial charge on any atom is 0.239 e. The number of methoxy groups -OCH3 is 2. The summed E-state index contributed by atoms with van der Waals surface area (Å²) in [4.78, 5) is 24.1. The van der Waals surface area contributed by atoms with Crippen LogP contribution in [0.5, 0.6) is 11.5 Å². The first-order valence-electron chi connectivity index (χ1n) is 11.9. The van der Waals surface area contributed by atoms with Gasteiger partial charge in [-0.3, -0.25) is 4.79 Å². The first kappa shape index (κ1) is 24.1. The third-order valence-corrected chi connectivity index (χ3v) is 7.65. The smallest absolute Gasteiger partial charge is 0.239 e. The zero-order valence-electron chi connectivity index (χ0n) is 19.8. The van der Waals surface area contributed by atoms with Crippen LogP contribution in [0.1, 0.15) is 25.1 Å². The first-order chi connectivity index (χ1) is 17.0. The summed E-state index contributed by atoms with van der Waals surface area (Å²) in [7, 11) is 3.11. The summed E-state index contributed by atoms with van der Waals surface area (Å²) in [6, 6.07) is 7.43. The van der Waals surface area contributed by atoms with Crippen LogP contribution in [-0.4, -0.2) is 60.7 Å². The molecular weight excluding hydrogens is 487 g/mol. The summed E-state index contributed by atoms with van der Waals surface area (Å²) < 4.78 is 10.8. The average molecular weight is 515 g/mol. The molecule has 2 aliphatic rings. The molecule has 184 valence electrons. The molecule has 2 atom stereocenters. The number of carbonyl (C=O) groups is 1. The largest absolute Gasteiger partial charge is 0.495 e. The van der Waals surface area contributed by atoms with E-state index in [0.29, 0.717) is 33.0 Å². The summed E-state index contributed by atoms with van der Waals surface area (Å²) in [5.74, 6) is 2.33. The number of rotatable bonds is 6. The van der Waals surface area contributed by atoms with Gasteiger partial charge in [-0.2, -0.15) is 0 Å². The van der Waals surface area contributed by atoms with E-state index in [9.17, 15) is 4.79 Å². The summed E-state index contributed by atoms with van der Waals surface area (Å²) in [6.45, 7) is 2.58. The highest BCUT2D eigenvalue weighted by Crippen LogP contribution is 2.46. The Kier molecular flexibility index (Phi) is 7.00. The lowest BCUT2D eigenvalue weighted by Gasteiger charge is -2.19. The normalized spacial score (nSPS) is 19.9. The van der Waals surface area contributed by atoms with Gasteiger partial charge in [0.25, 0.3) is 0 Å². The Morgan fingerprint density at radius 3 is 2.51 bits per heavy atom. The number of fused-ring (bicyclic) bond motifs is 1. The fourth-order valence-electron chi connectivity index (χ4n) is 5.03. The highest BCUT2D eigenvalue weighted by molar-refractivity contribution is 6.41. The van der Waals surface area contributed by atoms with Crippen molar-refractivity contribution < 1.29 is 14.3 Å². The van der Waals surface area contributed by atoms with Crippen LogP contribution in [0.15, 0.2) is 30.5 Å². The lowest BCUT2D eigenvalue weighted by atomic mass is 10.00. The highest BCUT2D eigenvalue weighted by Gasteiger charge is 2.33. The molecule has 0 bridgehead atoms. The van der Waals surface area contributed by atoms with Crippen LogP contribution in [0.2, 0.25) is 10.0 Å². The van der Waals surface area contributed by atoms with E-state index in [0.717, 1.165) is 67.6 Å². The maximum atomic E-state index is 12.7. The van der Waals surface area contributed by atoms with E-state index < -0.39 is 0 Å². The summed E-state index contributed by atoms with van der Waals surface area (Å²) in [5.41, 5.74) is 2.31. The van der Waals surface area contributed by atoms with Gasteiger partial charge >= 0.3 is 0 Å². The fourth-order valence-corrected chi connectivity index (χ4v) is 5.75. The third-order valence-electron chi connectivity index (χ3n) is 6.90. The number of halogens is 2. The Morgan fingerprint density at radius 2 is 1.83 bits per heavy atom. The minimum Gasteiger partial charge on any atom is -0.495 e. The van der Waals surface area contributed by atoms with Gasteiger partial charge in [0.05, 0.1) is 35.8 Å². The number of nitrogens with zero attached hydrogens (tertiary/aromatic N) is 3. The van der Waals surface area contributed by atoms with Crippen LogP contribution < -0.4 is 14.8 Å². The van der Waals surface area contributed by atoms with Crippen LogP contribution in [0, 0.1) is 5.92 Å². The zero-order chi connectivity index (χ0) is 24.5. The van der Waals surface area contributed by atoms with Crippen LogP contribution in [0.4, 0.5) is 0 Å². The molecule has 3 aromatic rings. The molecule has 3 heterocycles. The molecule has 1 amide bonds. The van der Waals surface area contributed by atoms with Crippen LogP contribution in [-0.2, 0) is 11.2 Å². The van der Waals surface area contributed by atoms with Gasteiger partial charge in [0, 0.05) is 42.7 Å². The Labute approximate surface area is 214 Å². The number of aromatic nitrogens is 2. The van der Waals surface area contributed by atoms with Crippen molar-refractivity contribution in [1.29, 1.82) is 0 Å². The molecule has 2 aromatic carbocycles. The average Bonchev–Trinajstić information content (AvgIpc) is 3.57. The topological polar surface area (TPSA) is 76.6 Å². The summed E-state index contributed by atoms with van der Waals surface area (Å²) in [6.07, 6.45) is 5.61. The number of hydrogen-bond acceptors (Lipinski definition) is 6. The Bertz CT molecular complexity index is 1230. The molecule has 9 heteroatoms. The molecule has 0 saturated carbocycles. The zero-order valence-corrected chi connectivity index (χ0v) is 21.3. The van der Waals surface area contributed by atoms with Gasteiger partial charge in [-0.05, 0) is 49.4 Å². The lowest BCUT2D eigenvalue weighted by Crippen LogP contribution is -2.42. The van der Waals surface area contributed by atoms with Crippen LogP contribution in [0.3, 0.4) is 0 Å². The van der Waals surface area contributed by atoms with E-state index in [1.165, 1.54) is 0 Å². The number of ether oxygens (including phenoxy) is 2. The van der Waals surface area contributed by atoms with Gasteiger partial charge in [-0.25, -0.2) is 9.97 Å². The molecule has 2 saturated heterocycles. The van der Waals surface area contributed by atoms with Gasteiger partial charge in [0.1, 0.15) is 17.3 Å². The van der Waals surface area contributed by atoms with Crippen molar-refractivity contribution in [3.05, 3.63) is 46.3 Å². The van der Waals surface area contributed by atoms with E-state index in [-0.39, 0.29) is 11.9 Å². The van der Waals surface area contributed by atoms with E-state index in [1.807, 2.05) is 29.3 Å². The van der Waals surface area contributed by atoms with E-state index >= 15 is 0 Å². The second-order valence-electron chi connectivity index (χ2n) is 9.14. The predicted octanol–water partition coefficient (Wildman–Crippen LogP) is 4.76. The molecule has 2 aliphatic heterocycles. The number of amides is 1. The molecule has 2 fully saturated rings. The van der Waals surface area contributed by atoms with Gasteiger partial charge in [-0.1, -0.05) is 29.3 Å². The maximum absolute atomic E-state index is 12.7. The molecular formula is C26H28Cl2N4O3. The van der Waals surface area contributed by atoms with E-state index in [2.05, 4.69) is 10.3 Å². The highest BCUT2D eigenvalue weighted by atomic mass is 35.5. The van der Waals surface area contributed by atoms with Gasteiger partial charge < -0.3 is 19.7 Å². The van der Waals surface area contributed by atoms with Crippen LogP contribution in [0.25, 0.3) is 22.0 Å². The monoisotopic (exact) mass is 514 g/mol. The lowest BCUT2D eigenvalue weighted by molar-refractivity contribution is -0.132. The first-order valence-corrected chi connectivity index (χ1v) is 12.6. The van der Waals surface area contributed by atoms with Crippen molar-refractivity contribution in [2.75, 3.05) is 33.9 Å². The molecule has 1 N–H and O–H groups in total. The van der Waals surface area contributed by atoms with Crippen molar-refractivity contribution >= 4 is 40.0 Å². The SMILES string of the molecule is COc1cc(OC)c(Cl)c(-c2ccc3nc(C[C@@H]4CN[C@H](C(=O)N5CCCC5)C4)ncc3c2)c1Cl. The fraction of sp³-hybridized carbons (Fsp3) is 0.423. The molecule has 1 aromatic heterocycles.